The Morgan fingerprint density at radius 3 is 2.29 bits per heavy atom. The van der Waals surface area contributed by atoms with Crippen molar-refractivity contribution in [2.24, 2.45) is 4.99 Å². The fraction of sp³-hybridized carbons (Fsp3) is 0.611. The van der Waals surface area contributed by atoms with Crippen LogP contribution in [0.5, 0.6) is 0 Å². The number of ether oxygens (including phenoxy) is 2. The third-order valence-corrected chi connectivity index (χ3v) is 3.33. The van der Waals surface area contributed by atoms with Crippen LogP contribution < -0.4 is 10.6 Å². The molecule has 0 radical (unpaired) electrons. The molecule has 24 heavy (non-hydrogen) atoms. The van der Waals surface area contributed by atoms with Gasteiger partial charge in [0.2, 0.25) is 0 Å². The number of rotatable bonds is 12. The van der Waals surface area contributed by atoms with Crippen molar-refractivity contribution in [2.45, 2.75) is 26.2 Å². The van der Waals surface area contributed by atoms with Crippen molar-refractivity contribution in [3.8, 4) is 0 Å². The molecule has 0 bridgehead atoms. The van der Waals surface area contributed by atoms with Crippen LogP contribution in [-0.2, 0) is 15.9 Å². The summed E-state index contributed by atoms with van der Waals surface area (Å²) in [7, 11) is 1.78. The van der Waals surface area contributed by atoms with Gasteiger partial charge in [-0.25, -0.2) is 0 Å². The molecule has 0 unspecified atom stereocenters. The first-order valence-electron chi connectivity index (χ1n) is 8.50. The number of hydrogen-bond acceptors (Lipinski definition) is 3. The minimum atomic E-state index is 0. The average Bonchev–Trinajstić information content (AvgIpc) is 2.59. The van der Waals surface area contributed by atoms with E-state index in [0.29, 0.717) is 19.8 Å². The molecule has 138 valence electrons. The number of guanidine groups is 1. The minimum absolute atomic E-state index is 0. The molecule has 6 heteroatoms. The maximum Gasteiger partial charge on any atom is 0.191 e. The van der Waals surface area contributed by atoms with E-state index in [2.05, 4.69) is 46.8 Å². The number of benzene rings is 1. The molecule has 0 amide bonds. The molecule has 5 nitrogen and oxygen atoms in total. The van der Waals surface area contributed by atoms with Gasteiger partial charge >= 0.3 is 0 Å². The number of nitrogens with zero attached hydrogens (tertiary/aromatic N) is 1. The Bertz CT molecular complexity index is 416. The summed E-state index contributed by atoms with van der Waals surface area (Å²) in [5.41, 5.74) is 1.32. The summed E-state index contributed by atoms with van der Waals surface area (Å²) in [5, 5.41) is 6.54. The van der Waals surface area contributed by atoms with E-state index >= 15 is 0 Å². The van der Waals surface area contributed by atoms with Crippen LogP contribution in [0, 0.1) is 0 Å². The number of nitrogens with one attached hydrogen (secondary N) is 2. The molecule has 0 saturated heterocycles. The standard InChI is InChI=1S/C18H31N3O2.HI/c1-3-4-13-22-15-16-23-14-12-21-18(19-2)20-11-10-17-8-6-5-7-9-17;/h5-9H,3-4,10-16H2,1-2H3,(H2,19,20,21);1H. The minimum Gasteiger partial charge on any atom is -0.379 e. The molecule has 0 aliphatic heterocycles. The van der Waals surface area contributed by atoms with Crippen LogP contribution in [0.2, 0.25) is 0 Å². The lowest BCUT2D eigenvalue weighted by molar-refractivity contribution is 0.0487. The fourth-order valence-corrected chi connectivity index (χ4v) is 2.00. The monoisotopic (exact) mass is 449 g/mol. The summed E-state index contributed by atoms with van der Waals surface area (Å²) < 4.78 is 10.9. The third kappa shape index (κ3) is 12.5. The number of halogens is 1. The Morgan fingerprint density at radius 1 is 0.958 bits per heavy atom. The van der Waals surface area contributed by atoms with Crippen molar-refractivity contribution in [3.63, 3.8) is 0 Å². The highest BCUT2D eigenvalue weighted by Gasteiger charge is 1.97. The van der Waals surface area contributed by atoms with Gasteiger partial charge in [0, 0.05) is 26.7 Å². The summed E-state index contributed by atoms with van der Waals surface area (Å²) in [6.45, 7) is 6.55. The molecule has 1 aromatic rings. The zero-order valence-corrected chi connectivity index (χ0v) is 17.3. The van der Waals surface area contributed by atoms with Crippen LogP contribution in [0.15, 0.2) is 35.3 Å². The molecule has 0 aliphatic rings. The van der Waals surface area contributed by atoms with Gasteiger partial charge in [0.05, 0.1) is 19.8 Å². The Morgan fingerprint density at radius 2 is 1.62 bits per heavy atom. The van der Waals surface area contributed by atoms with Crippen molar-refractivity contribution < 1.29 is 9.47 Å². The maximum absolute atomic E-state index is 5.51. The van der Waals surface area contributed by atoms with Gasteiger partial charge < -0.3 is 20.1 Å². The van der Waals surface area contributed by atoms with Crippen LogP contribution in [0.25, 0.3) is 0 Å². The van der Waals surface area contributed by atoms with Gasteiger partial charge in [-0.3, -0.25) is 4.99 Å². The number of unbranched alkanes of at least 4 members (excludes halogenated alkanes) is 1. The van der Waals surface area contributed by atoms with Crippen molar-refractivity contribution in [2.75, 3.05) is 46.6 Å². The zero-order valence-electron chi connectivity index (χ0n) is 14.9. The largest absolute Gasteiger partial charge is 0.379 e. The van der Waals surface area contributed by atoms with E-state index in [-0.39, 0.29) is 24.0 Å². The van der Waals surface area contributed by atoms with E-state index in [1.807, 2.05) is 6.07 Å². The second-order valence-corrected chi connectivity index (χ2v) is 5.24. The lowest BCUT2D eigenvalue weighted by Crippen LogP contribution is -2.39. The Kier molecular flexibility index (Phi) is 16.4. The Balaban J connectivity index is 0.00000529. The van der Waals surface area contributed by atoms with Crippen LogP contribution in [-0.4, -0.2) is 52.5 Å². The fourth-order valence-electron chi connectivity index (χ4n) is 2.00. The molecule has 0 fully saturated rings. The third-order valence-electron chi connectivity index (χ3n) is 3.33. The molecule has 1 rings (SSSR count). The molecule has 0 aromatic heterocycles. The van der Waals surface area contributed by atoms with Crippen LogP contribution in [0.1, 0.15) is 25.3 Å². The van der Waals surface area contributed by atoms with Crippen LogP contribution in [0.3, 0.4) is 0 Å². The molecular weight excluding hydrogens is 417 g/mol. The molecule has 0 atom stereocenters. The number of hydrogen-bond donors (Lipinski definition) is 2. The van der Waals surface area contributed by atoms with E-state index in [1.54, 1.807) is 7.05 Å². The zero-order chi connectivity index (χ0) is 16.6. The van der Waals surface area contributed by atoms with Crippen molar-refractivity contribution in [1.82, 2.24) is 10.6 Å². The summed E-state index contributed by atoms with van der Waals surface area (Å²) >= 11 is 0. The molecule has 0 saturated carbocycles. The quantitative estimate of drug-likeness (QED) is 0.223. The Hall–Kier alpha value is -0.860. The molecule has 0 aliphatic carbocycles. The second-order valence-electron chi connectivity index (χ2n) is 5.24. The Labute approximate surface area is 163 Å². The predicted molar refractivity (Wildman–Crippen MR) is 111 cm³/mol. The first-order valence-corrected chi connectivity index (χ1v) is 8.50. The van der Waals surface area contributed by atoms with Gasteiger partial charge in [0.1, 0.15) is 0 Å². The molecule has 2 N–H and O–H groups in total. The van der Waals surface area contributed by atoms with Crippen molar-refractivity contribution >= 4 is 29.9 Å². The van der Waals surface area contributed by atoms with E-state index in [4.69, 9.17) is 9.47 Å². The number of aliphatic imine (C=N–C) groups is 1. The average molecular weight is 449 g/mol. The van der Waals surface area contributed by atoms with E-state index in [9.17, 15) is 0 Å². The highest BCUT2D eigenvalue weighted by Crippen LogP contribution is 1.97. The second kappa shape index (κ2) is 17.0. The molecule has 0 heterocycles. The molecular formula is C18H32IN3O2. The first kappa shape index (κ1) is 23.1. The van der Waals surface area contributed by atoms with Gasteiger partial charge in [0.25, 0.3) is 0 Å². The molecule has 0 spiro atoms. The van der Waals surface area contributed by atoms with Gasteiger partial charge in [0.15, 0.2) is 5.96 Å². The van der Waals surface area contributed by atoms with Gasteiger partial charge in [-0.05, 0) is 18.4 Å². The smallest absolute Gasteiger partial charge is 0.191 e. The normalized spacial score (nSPS) is 11.0. The van der Waals surface area contributed by atoms with E-state index < -0.39 is 0 Å². The summed E-state index contributed by atoms with van der Waals surface area (Å²) in [5.74, 6) is 0.809. The summed E-state index contributed by atoms with van der Waals surface area (Å²) in [6.07, 6.45) is 3.26. The van der Waals surface area contributed by atoms with E-state index in [1.165, 1.54) is 12.0 Å². The maximum atomic E-state index is 5.51. The van der Waals surface area contributed by atoms with Crippen molar-refractivity contribution in [3.05, 3.63) is 35.9 Å². The van der Waals surface area contributed by atoms with Gasteiger partial charge in [-0.15, -0.1) is 24.0 Å². The van der Waals surface area contributed by atoms with Crippen LogP contribution >= 0.6 is 24.0 Å². The topological polar surface area (TPSA) is 54.9 Å². The SMILES string of the molecule is CCCCOCCOCCNC(=NC)NCCc1ccccc1.I. The molecule has 1 aromatic carbocycles. The summed E-state index contributed by atoms with van der Waals surface area (Å²) in [6, 6.07) is 10.4. The highest BCUT2D eigenvalue weighted by atomic mass is 127. The van der Waals surface area contributed by atoms with Crippen molar-refractivity contribution in [1.29, 1.82) is 0 Å². The first-order chi connectivity index (χ1) is 11.4. The summed E-state index contributed by atoms with van der Waals surface area (Å²) in [4.78, 5) is 4.20. The predicted octanol–water partition coefficient (Wildman–Crippen LogP) is 2.85. The van der Waals surface area contributed by atoms with Gasteiger partial charge in [-0.2, -0.15) is 0 Å². The van der Waals surface area contributed by atoms with Crippen LogP contribution in [0.4, 0.5) is 0 Å². The van der Waals surface area contributed by atoms with E-state index in [0.717, 1.165) is 38.5 Å². The lowest BCUT2D eigenvalue weighted by Gasteiger charge is -2.12. The van der Waals surface area contributed by atoms with Gasteiger partial charge in [-0.1, -0.05) is 43.7 Å². The highest BCUT2D eigenvalue weighted by molar-refractivity contribution is 14.0. The lowest BCUT2D eigenvalue weighted by atomic mass is 10.1.